The van der Waals surface area contributed by atoms with E-state index in [1.165, 1.54) is 12.1 Å². The van der Waals surface area contributed by atoms with Crippen LogP contribution in [0.3, 0.4) is 0 Å². The number of likely N-dealkylation sites (tertiary alicyclic amines) is 1. The first-order valence-corrected chi connectivity index (χ1v) is 10.9. The van der Waals surface area contributed by atoms with Crippen LogP contribution in [-0.4, -0.2) is 57.3 Å². The summed E-state index contributed by atoms with van der Waals surface area (Å²) in [6, 6.07) is 4.47. The van der Waals surface area contributed by atoms with Gasteiger partial charge >= 0.3 is 5.97 Å². The molecule has 2 amide bonds. The van der Waals surface area contributed by atoms with E-state index in [9.17, 15) is 29.4 Å². The van der Waals surface area contributed by atoms with Crippen molar-refractivity contribution in [3.63, 3.8) is 0 Å². The Morgan fingerprint density at radius 2 is 1.81 bits per heavy atom. The van der Waals surface area contributed by atoms with Crippen LogP contribution in [-0.2, 0) is 25.6 Å². The molecule has 1 heterocycles. The highest BCUT2D eigenvalue weighted by molar-refractivity contribution is 5.92. The summed E-state index contributed by atoms with van der Waals surface area (Å²) >= 11 is 0. The minimum absolute atomic E-state index is 0.00593. The van der Waals surface area contributed by atoms with Gasteiger partial charge in [0.25, 0.3) is 0 Å². The molecule has 0 bridgehead atoms. The van der Waals surface area contributed by atoms with E-state index in [2.05, 4.69) is 12.2 Å². The fraction of sp³-hybridized carbons (Fsp3) is 0.565. The summed E-state index contributed by atoms with van der Waals surface area (Å²) in [6.07, 6.45) is 4.56. The molecule has 8 heteroatoms. The van der Waals surface area contributed by atoms with Gasteiger partial charge in [-0.25, -0.2) is 4.79 Å². The molecule has 1 aliphatic heterocycles. The van der Waals surface area contributed by atoms with Gasteiger partial charge in [0.2, 0.25) is 11.8 Å². The van der Waals surface area contributed by atoms with Crippen molar-refractivity contribution in [3.05, 3.63) is 29.8 Å². The van der Waals surface area contributed by atoms with Crippen molar-refractivity contribution >= 4 is 23.6 Å². The Balaban J connectivity index is 1.84. The molecular formula is C23H32N2O6. The Labute approximate surface area is 182 Å². The van der Waals surface area contributed by atoms with Crippen molar-refractivity contribution in [2.24, 2.45) is 0 Å². The molecule has 3 N–H and O–H groups in total. The monoisotopic (exact) mass is 432 g/mol. The highest BCUT2D eigenvalue weighted by atomic mass is 16.4. The molecule has 31 heavy (non-hydrogen) atoms. The van der Waals surface area contributed by atoms with E-state index in [1.807, 2.05) is 0 Å². The molecule has 0 saturated carbocycles. The molecule has 0 unspecified atom stereocenters. The minimum atomic E-state index is -1.17. The van der Waals surface area contributed by atoms with Gasteiger partial charge in [-0.1, -0.05) is 31.9 Å². The van der Waals surface area contributed by atoms with Gasteiger partial charge in [-0.05, 0) is 37.0 Å². The van der Waals surface area contributed by atoms with Gasteiger partial charge in [-0.2, -0.15) is 0 Å². The SMILES string of the molecule is CCCCCC(=O)N1CCC[C@H]1C(=O)CCC(=O)N[C@@H](Cc1ccc(O)cc1)C(=O)O. The molecule has 1 aliphatic rings. The third-order valence-electron chi connectivity index (χ3n) is 5.55. The summed E-state index contributed by atoms with van der Waals surface area (Å²) in [5.74, 6) is -1.77. The van der Waals surface area contributed by atoms with E-state index in [0.717, 1.165) is 25.7 Å². The summed E-state index contributed by atoms with van der Waals surface area (Å²) in [7, 11) is 0. The van der Waals surface area contributed by atoms with Crippen LogP contribution >= 0.6 is 0 Å². The number of phenolic OH excluding ortho intramolecular Hbond substituents is 1. The van der Waals surface area contributed by atoms with Gasteiger partial charge in [0, 0.05) is 32.2 Å². The van der Waals surface area contributed by atoms with Gasteiger partial charge in [0.05, 0.1) is 6.04 Å². The lowest BCUT2D eigenvalue weighted by Crippen LogP contribution is -2.43. The van der Waals surface area contributed by atoms with E-state index in [1.54, 1.807) is 17.0 Å². The van der Waals surface area contributed by atoms with Crippen molar-refractivity contribution in [1.29, 1.82) is 0 Å². The molecule has 0 spiro atoms. The average Bonchev–Trinajstić information content (AvgIpc) is 3.23. The van der Waals surface area contributed by atoms with Crippen LogP contribution in [0.2, 0.25) is 0 Å². The van der Waals surface area contributed by atoms with Gasteiger partial charge in [-0.3, -0.25) is 14.4 Å². The lowest BCUT2D eigenvalue weighted by atomic mass is 10.0. The Morgan fingerprint density at radius 1 is 1.10 bits per heavy atom. The molecule has 1 aromatic carbocycles. The fourth-order valence-electron chi connectivity index (χ4n) is 3.81. The van der Waals surface area contributed by atoms with Crippen LogP contribution in [0, 0.1) is 0 Å². The standard InChI is InChI=1S/C23H32N2O6/c1-2-3-4-7-22(29)25-14-5-6-19(25)20(27)12-13-21(28)24-18(23(30)31)15-16-8-10-17(26)11-9-16/h8-11,18-19,26H,2-7,12-15H2,1H3,(H,24,28)(H,30,31)/t18-,19-/m0/s1. The fourth-order valence-corrected chi connectivity index (χ4v) is 3.81. The van der Waals surface area contributed by atoms with E-state index in [-0.39, 0.29) is 36.7 Å². The second kappa shape index (κ2) is 12.1. The quantitative estimate of drug-likeness (QED) is 0.436. The molecule has 2 rings (SSSR count). The Morgan fingerprint density at radius 3 is 2.45 bits per heavy atom. The number of ketones is 1. The number of nitrogens with one attached hydrogen (secondary N) is 1. The van der Waals surface area contributed by atoms with Gasteiger partial charge in [-0.15, -0.1) is 0 Å². The van der Waals surface area contributed by atoms with Crippen LogP contribution in [0.5, 0.6) is 5.75 Å². The second-order valence-electron chi connectivity index (χ2n) is 8.00. The molecule has 1 aromatic rings. The topological polar surface area (TPSA) is 124 Å². The first-order valence-electron chi connectivity index (χ1n) is 10.9. The number of carbonyl (C=O) groups excluding carboxylic acids is 3. The smallest absolute Gasteiger partial charge is 0.326 e. The molecule has 170 valence electrons. The number of aromatic hydroxyl groups is 1. The van der Waals surface area contributed by atoms with Crippen LogP contribution in [0.15, 0.2) is 24.3 Å². The summed E-state index contributed by atoms with van der Waals surface area (Å²) in [5.41, 5.74) is 0.657. The maximum absolute atomic E-state index is 12.6. The Hall–Kier alpha value is -2.90. The number of carboxylic acids is 1. The molecule has 0 radical (unpaired) electrons. The largest absolute Gasteiger partial charge is 0.508 e. The van der Waals surface area contributed by atoms with Gasteiger partial charge < -0.3 is 20.4 Å². The number of benzene rings is 1. The number of aliphatic carboxylic acids is 1. The van der Waals surface area contributed by atoms with Crippen molar-refractivity contribution < 1.29 is 29.4 Å². The predicted molar refractivity (Wildman–Crippen MR) is 114 cm³/mol. The zero-order valence-corrected chi connectivity index (χ0v) is 18.0. The predicted octanol–water partition coefficient (Wildman–Crippen LogP) is 2.42. The average molecular weight is 433 g/mol. The van der Waals surface area contributed by atoms with Crippen molar-refractivity contribution in [3.8, 4) is 5.75 Å². The number of carbonyl (C=O) groups is 4. The maximum Gasteiger partial charge on any atom is 0.326 e. The van der Waals surface area contributed by atoms with Crippen LogP contribution < -0.4 is 5.32 Å². The number of hydrogen-bond acceptors (Lipinski definition) is 5. The number of nitrogens with zero attached hydrogens (tertiary/aromatic N) is 1. The summed E-state index contributed by atoms with van der Waals surface area (Å²) in [6.45, 7) is 2.64. The zero-order valence-electron chi connectivity index (χ0n) is 18.0. The Kier molecular flexibility index (Phi) is 9.49. The third-order valence-corrected chi connectivity index (χ3v) is 5.55. The number of phenols is 1. The molecule has 8 nitrogen and oxygen atoms in total. The summed E-state index contributed by atoms with van der Waals surface area (Å²) < 4.78 is 0. The molecule has 2 atom stereocenters. The zero-order chi connectivity index (χ0) is 22.8. The maximum atomic E-state index is 12.6. The van der Waals surface area contributed by atoms with Gasteiger partial charge in [0.1, 0.15) is 11.8 Å². The number of rotatable bonds is 12. The van der Waals surface area contributed by atoms with E-state index in [4.69, 9.17) is 0 Å². The number of carboxylic acid groups (broad SMARTS) is 1. The number of hydrogen-bond donors (Lipinski definition) is 3. The summed E-state index contributed by atoms with van der Waals surface area (Å²) in [4.78, 5) is 50.4. The van der Waals surface area contributed by atoms with E-state index >= 15 is 0 Å². The molecule has 1 saturated heterocycles. The second-order valence-corrected chi connectivity index (χ2v) is 8.00. The lowest BCUT2D eigenvalue weighted by molar-refractivity contribution is -0.142. The molecule has 0 aliphatic carbocycles. The summed E-state index contributed by atoms with van der Waals surface area (Å²) in [5, 5.41) is 21.2. The number of Topliss-reactive ketones (excluding diaryl/α,β-unsaturated/α-hetero) is 1. The van der Waals surface area contributed by atoms with E-state index < -0.39 is 24.0 Å². The van der Waals surface area contributed by atoms with Gasteiger partial charge in [0.15, 0.2) is 5.78 Å². The van der Waals surface area contributed by atoms with Crippen molar-refractivity contribution in [1.82, 2.24) is 10.2 Å². The first kappa shape index (κ1) is 24.4. The number of unbranched alkanes of at least 4 members (excludes halogenated alkanes) is 2. The van der Waals surface area contributed by atoms with Crippen molar-refractivity contribution in [2.45, 2.75) is 76.8 Å². The highest BCUT2D eigenvalue weighted by Gasteiger charge is 2.33. The van der Waals surface area contributed by atoms with Crippen LogP contribution in [0.25, 0.3) is 0 Å². The van der Waals surface area contributed by atoms with E-state index in [0.29, 0.717) is 24.9 Å². The lowest BCUT2D eigenvalue weighted by Gasteiger charge is -2.24. The molecule has 1 fully saturated rings. The minimum Gasteiger partial charge on any atom is -0.508 e. The van der Waals surface area contributed by atoms with Crippen molar-refractivity contribution in [2.75, 3.05) is 6.54 Å². The third kappa shape index (κ3) is 7.70. The first-order chi connectivity index (χ1) is 14.8. The van der Waals surface area contributed by atoms with Crippen LogP contribution in [0.4, 0.5) is 0 Å². The highest BCUT2D eigenvalue weighted by Crippen LogP contribution is 2.21. The number of amides is 2. The normalized spacial score (nSPS) is 16.7. The molecular weight excluding hydrogens is 400 g/mol. The van der Waals surface area contributed by atoms with Crippen LogP contribution in [0.1, 0.15) is 63.9 Å². The Bertz CT molecular complexity index is 777. The molecule has 0 aromatic heterocycles.